The zero-order valence-corrected chi connectivity index (χ0v) is 16.6. The maximum Gasteiger partial charge on any atom is 0.348 e. The van der Waals surface area contributed by atoms with E-state index in [1.165, 1.54) is 29.2 Å². The van der Waals surface area contributed by atoms with Crippen LogP contribution in [-0.4, -0.2) is 27.3 Å². The third-order valence-electron chi connectivity index (χ3n) is 4.06. The minimum Gasteiger partial charge on any atom is -0.467 e. The lowest BCUT2D eigenvalue weighted by Crippen LogP contribution is -2.05. The predicted octanol–water partition coefficient (Wildman–Crippen LogP) is 4.74. The van der Waals surface area contributed by atoms with Gasteiger partial charge in [0.05, 0.1) is 19.4 Å². The average Bonchev–Trinajstić information content (AvgIpc) is 3.41. The Morgan fingerprint density at radius 1 is 1.36 bits per heavy atom. The van der Waals surface area contributed by atoms with E-state index in [-0.39, 0.29) is 12.4 Å². The van der Waals surface area contributed by atoms with E-state index in [1.807, 2.05) is 16.7 Å². The smallest absolute Gasteiger partial charge is 0.348 e. The van der Waals surface area contributed by atoms with Gasteiger partial charge in [-0.2, -0.15) is 0 Å². The molecule has 3 aromatic heterocycles. The molecule has 144 valence electrons. The van der Waals surface area contributed by atoms with Crippen molar-refractivity contribution in [1.82, 2.24) is 14.8 Å². The molecule has 0 aliphatic heterocycles. The molecule has 1 aromatic carbocycles. The van der Waals surface area contributed by atoms with E-state index in [2.05, 4.69) is 10.2 Å². The van der Waals surface area contributed by atoms with Crippen molar-refractivity contribution in [3.05, 3.63) is 64.9 Å². The zero-order chi connectivity index (χ0) is 19.5. The number of furan rings is 1. The second kappa shape index (κ2) is 8.15. The molecule has 0 N–H and O–H groups in total. The minimum absolute atomic E-state index is 0.264. The molecule has 9 heteroatoms. The molecule has 4 rings (SSSR count). The Labute approximate surface area is 168 Å². The molecular formula is C19H16FN3O3S2. The lowest BCUT2D eigenvalue weighted by Gasteiger charge is -2.06. The van der Waals surface area contributed by atoms with Gasteiger partial charge >= 0.3 is 5.97 Å². The number of hydrogen-bond acceptors (Lipinski definition) is 7. The fourth-order valence-electron chi connectivity index (χ4n) is 2.84. The Morgan fingerprint density at radius 2 is 2.25 bits per heavy atom. The first-order valence-electron chi connectivity index (χ1n) is 8.57. The lowest BCUT2D eigenvalue weighted by atomic mass is 10.1. The molecule has 4 aromatic rings. The summed E-state index contributed by atoms with van der Waals surface area (Å²) in [6.45, 7) is 2.50. The topological polar surface area (TPSA) is 70.2 Å². The van der Waals surface area contributed by atoms with Crippen LogP contribution >= 0.6 is 23.1 Å². The standard InChI is InChI=1S/C19H16FN3O3S2/c1-2-25-18(24)17-13(16-14(20)6-3-7-15(16)28-17)10-27-19-22-21-11-23(19)9-12-5-4-8-26-12/h3-8,11H,2,9-10H2,1H3. The molecule has 3 heterocycles. The minimum atomic E-state index is -0.434. The predicted molar refractivity (Wildman–Crippen MR) is 105 cm³/mol. The van der Waals surface area contributed by atoms with Gasteiger partial charge in [-0.15, -0.1) is 21.5 Å². The SMILES string of the molecule is CCOC(=O)c1sc2cccc(F)c2c1CSc1nncn1Cc1ccco1. The van der Waals surface area contributed by atoms with Gasteiger partial charge in [-0.1, -0.05) is 17.8 Å². The highest BCUT2D eigenvalue weighted by molar-refractivity contribution is 7.98. The van der Waals surface area contributed by atoms with Crippen LogP contribution in [0, 0.1) is 5.82 Å². The number of benzene rings is 1. The van der Waals surface area contributed by atoms with Crippen LogP contribution in [0.25, 0.3) is 10.1 Å². The molecule has 0 amide bonds. The van der Waals surface area contributed by atoms with Crippen molar-refractivity contribution < 1.29 is 18.3 Å². The molecule has 0 aliphatic carbocycles. The second-order valence-corrected chi connectivity index (χ2v) is 7.85. The van der Waals surface area contributed by atoms with E-state index < -0.39 is 5.97 Å². The first-order valence-corrected chi connectivity index (χ1v) is 10.4. The van der Waals surface area contributed by atoms with E-state index in [1.54, 1.807) is 31.6 Å². The Balaban J connectivity index is 1.64. The van der Waals surface area contributed by atoms with Crippen LogP contribution in [0.15, 0.2) is 52.5 Å². The van der Waals surface area contributed by atoms with Crippen LogP contribution in [0.2, 0.25) is 0 Å². The van der Waals surface area contributed by atoms with E-state index in [0.717, 1.165) is 10.5 Å². The maximum atomic E-state index is 14.5. The normalized spacial score (nSPS) is 11.2. The molecule has 0 radical (unpaired) electrons. The van der Waals surface area contributed by atoms with E-state index in [4.69, 9.17) is 9.15 Å². The molecule has 0 fully saturated rings. The number of thiophene rings is 1. The number of carbonyl (C=O) groups is 1. The monoisotopic (exact) mass is 417 g/mol. The van der Waals surface area contributed by atoms with Crippen LogP contribution in [-0.2, 0) is 17.0 Å². The summed E-state index contributed by atoms with van der Waals surface area (Å²) in [5, 5.41) is 9.21. The van der Waals surface area contributed by atoms with Crippen molar-refractivity contribution in [3.63, 3.8) is 0 Å². The number of aromatic nitrogens is 3. The van der Waals surface area contributed by atoms with Crippen molar-refractivity contribution >= 4 is 39.2 Å². The summed E-state index contributed by atoms with van der Waals surface area (Å²) in [5.41, 5.74) is 0.620. The zero-order valence-electron chi connectivity index (χ0n) is 14.9. The van der Waals surface area contributed by atoms with Gasteiger partial charge in [0.2, 0.25) is 0 Å². The van der Waals surface area contributed by atoms with Gasteiger partial charge in [0.15, 0.2) is 5.16 Å². The lowest BCUT2D eigenvalue weighted by molar-refractivity contribution is 0.0531. The molecule has 0 saturated carbocycles. The summed E-state index contributed by atoms with van der Waals surface area (Å²) in [6, 6.07) is 8.53. The fraction of sp³-hybridized carbons (Fsp3) is 0.211. The summed E-state index contributed by atoms with van der Waals surface area (Å²) in [7, 11) is 0. The van der Waals surface area contributed by atoms with Crippen molar-refractivity contribution in [2.45, 2.75) is 24.4 Å². The Bertz CT molecular complexity index is 1110. The van der Waals surface area contributed by atoms with Gasteiger partial charge in [-0.05, 0) is 36.8 Å². The summed E-state index contributed by atoms with van der Waals surface area (Å²) in [5.74, 6) is 0.361. The van der Waals surface area contributed by atoms with Crippen molar-refractivity contribution in [1.29, 1.82) is 0 Å². The number of halogens is 1. The Kier molecular flexibility index (Phi) is 5.45. The van der Waals surface area contributed by atoms with Crippen LogP contribution in [0.3, 0.4) is 0 Å². The quantitative estimate of drug-likeness (QED) is 0.319. The van der Waals surface area contributed by atoms with Gasteiger partial charge in [-0.3, -0.25) is 0 Å². The van der Waals surface area contributed by atoms with Gasteiger partial charge in [-0.25, -0.2) is 9.18 Å². The molecule has 0 unspecified atom stereocenters. The average molecular weight is 417 g/mol. The summed E-state index contributed by atoms with van der Waals surface area (Å²) >= 11 is 2.63. The molecular weight excluding hydrogens is 401 g/mol. The summed E-state index contributed by atoms with van der Waals surface area (Å²) in [4.78, 5) is 12.8. The molecule has 0 atom stereocenters. The van der Waals surface area contributed by atoms with Crippen LogP contribution in [0.5, 0.6) is 0 Å². The third kappa shape index (κ3) is 3.67. The van der Waals surface area contributed by atoms with Gasteiger partial charge in [0, 0.05) is 15.8 Å². The highest BCUT2D eigenvalue weighted by Crippen LogP contribution is 2.37. The molecule has 6 nitrogen and oxygen atoms in total. The van der Waals surface area contributed by atoms with Crippen LogP contribution in [0.1, 0.15) is 27.9 Å². The number of fused-ring (bicyclic) bond motifs is 1. The molecule has 28 heavy (non-hydrogen) atoms. The van der Waals surface area contributed by atoms with Crippen LogP contribution in [0.4, 0.5) is 4.39 Å². The number of ether oxygens (including phenoxy) is 1. The largest absolute Gasteiger partial charge is 0.467 e. The highest BCUT2D eigenvalue weighted by atomic mass is 32.2. The number of esters is 1. The van der Waals surface area contributed by atoms with Gasteiger partial charge < -0.3 is 13.7 Å². The summed E-state index contributed by atoms with van der Waals surface area (Å²) in [6.07, 6.45) is 3.22. The summed E-state index contributed by atoms with van der Waals surface area (Å²) < 4.78 is 27.6. The fourth-order valence-corrected chi connectivity index (χ4v) is 5.00. The van der Waals surface area contributed by atoms with Gasteiger partial charge in [0.25, 0.3) is 0 Å². The maximum absolute atomic E-state index is 14.5. The van der Waals surface area contributed by atoms with E-state index in [0.29, 0.717) is 33.3 Å². The Morgan fingerprint density at radius 3 is 3.04 bits per heavy atom. The first kappa shape index (κ1) is 18.7. The number of nitrogens with zero attached hydrogens (tertiary/aromatic N) is 3. The number of thioether (sulfide) groups is 1. The van der Waals surface area contributed by atoms with Gasteiger partial charge in [0.1, 0.15) is 22.8 Å². The van der Waals surface area contributed by atoms with Crippen molar-refractivity contribution in [2.24, 2.45) is 0 Å². The van der Waals surface area contributed by atoms with E-state index >= 15 is 0 Å². The second-order valence-electron chi connectivity index (χ2n) is 5.85. The van der Waals surface area contributed by atoms with Crippen molar-refractivity contribution in [2.75, 3.05) is 6.61 Å². The highest BCUT2D eigenvalue weighted by Gasteiger charge is 2.22. The number of hydrogen-bond donors (Lipinski definition) is 0. The molecule has 0 bridgehead atoms. The number of carbonyl (C=O) groups excluding carboxylic acids is 1. The van der Waals surface area contributed by atoms with Crippen molar-refractivity contribution in [3.8, 4) is 0 Å². The molecule has 0 aliphatic rings. The Hall–Kier alpha value is -2.65. The van der Waals surface area contributed by atoms with Crippen LogP contribution < -0.4 is 0 Å². The first-order chi connectivity index (χ1) is 13.7. The third-order valence-corrected chi connectivity index (χ3v) is 6.24. The molecule has 0 saturated heterocycles. The number of rotatable bonds is 7. The van der Waals surface area contributed by atoms with E-state index in [9.17, 15) is 9.18 Å². The molecule has 0 spiro atoms.